The van der Waals surface area contributed by atoms with Gasteiger partial charge in [0, 0.05) is 5.56 Å². The Hall–Kier alpha value is -4.37. The van der Waals surface area contributed by atoms with E-state index in [1.54, 1.807) is 50.4 Å². The Bertz CT molecular complexity index is 1560. The van der Waals surface area contributed by atoms with Gasteiger partial charge in [0.2, 0.25) is 0 Å². The van der Waals surface area contributed by atoms with Gasteiger partial charge in [-0.15, -0.1) is 0 Å². The van der Waals surface area contributed by atoms with Crippen molar-refractivity contribution >= 4 is 44.1 Å². The van der Waals surface area contributed by atoms with Crippen LogP contribution in [0.4, 0.5) is 5.13 Å². The third-order valence-electron chi connectivity index (χ3n) is 6.16. The molecule has 1 aliphatic rings. The lowest BCUT2D eigenvalue weighted by Gasteiger charge is -2.23. The van der Waals surface area contributed by atoms with Crippen LogP contribution in [0.15, 0.2) is 66.2 Å². The van der Waals surface area contributed by atoms with Crippen molar-refractivity contribution in [3.05, 3.63) is 82.9 Å². The molecule has 4 aromatic rings. The van der Waals surface area contributed by atoms with E-state index in [0.717, 1.165) is 10.3 Å². The number of aromatic hydroxyl groups is 1. The molecule has 0 saturated carbocycles. The third kappa shape index (κ3) is 4.27. The number of hydrogen-bond acceptors (Lipinski definition) is 8. The van der Waals surface area contributed by atoms with Crippen molar-refractivity contribution in [3.8, 4) is 17.2 Å². The van der Waals surface area contributed by atoms with Crippen molar-refractivity contribution in [2.75, 3.05) is 18.6 Å². The van der Waals surface area contributed by atoms with Gasteiger partial charge in [-0.1, -0.05) is 47.2 Å². The van der Waals surface area contributed by atoms with Gasteiger partial charge < -0.3 is 19.7 Å². The van der Waals surface area contributed by atoms with Crippen LogP contribution in [0.2, 0.25) is 0 Å². The van der Waals surface area contributed by atoms with E-state index >= 15 is 0 Å². The summed E-state index contributed by atoms with van der Waals surface area (Å²) >= 11 is 1.23. The van der Waals surface area contributed by atoms with Gasteiger partial charge in [-0.2, -0.15) is 0 Å². The largest absolute Gasteiger partial charge is 0.507 e. The maximum absolute atomic E-state index is 13.5. The highest BCUT2D eigenvalue weighted by Crippen LogP contribution is 2.46. The first kappa shape index (κ1) is 24.3. The van der Waals surface area contributed by atoms with Crippen molar-refractivity contribution in [1.29, 1.82) is 0 Å². The summed E-state index contributed by atoms with van der Waals surface area (Å²) in [6, 6.07) is 16.0. The number of amides is 1. The van der Waals surface area contributed by atoms with Crippen LogP contribution < -0.4 is 14.4 Å². The van der Waals surface area contributed by atoms with E-state index in [4.69, 9.17) is 9.47 Å². The molecule has 1 aromatic heterocycles. The molecule has 1 atom stereocenters. The molecule has 1 unspecified atom stereocenters. The summed E-state index contributed by atoms with van der Waals surface area (Å²) < 4.78 is 11.6. The second-order valence-corrected chi connectivity index (χ2v) is 9.53. The highest BCUT2D eigenvalue weighted by atomic mass is 32.1. The standard InChI is InChI=1S/C28H24N2O6S/c1-4-36-21-13-17(9-12-20(21)31)24-23(25(32)16-7-5-15(2)6-8-16)26(33)27(34)30(24)28-29-19-11-10-18(35-3)14-22(19)37-28/h5-14,24,31-32H,4H2,1-3H3/b25-23+. The monoisotopic (exact) mass is 516 g/mol. The minimum atomic E-state index is -0.997. The number of carbonyl (C=O) groups excluding carboxylic acids is 2. The van der Waals surface area contributed by atoms with Crippen LogP contribution in [-0.2, 0) is 9.59 Å². The van der Waals surface area contributed by atoms with Crippen LogP contribution >= 0.6 is 11.3 Å². The molecule has 0 aliphatic carbocycles. The lowest BCUT2D eigenvalue weighted by atomic mass is 9.95. The fraction of sp³-hybridized carbons (Fsp3) is 0.179. The molecule has 1 aliphatic heterocycles. The number of rotatable bonds is 6. The molecule has 188 valence electrons. The number of phenolic OH excluding ortho intramolecular Hbond substituents is 1. The molecule has 2 heterocycles. The van der Waals surface area contributed by atoms with Gasteiger partial charge in [0.25, 0.3) is 5.78 Å². The van der Waals surface area contributed by atoms with Gasteiger partial charge in [0.1, 0.15) is 11.5 Å². The van der Waals surface area contributed by atoms with Crippen molar-refractivity contribution in [1.82, 2.24) is 4.98 Å². The van der Waals surface area contributed by atoms with Crippen LogP contribution in [-0.4, -0.2) is 40.6 Å². The molecule has 2 N–H and O–H groups in total. The number of hydrogen-bond donors (Lipinski definition) is 2. The molecule has 37 heavy (non-hydrogen) atoms. The van der Waals surface area contributed by atoms with E-state index in [1.165, 1.54) is 22.3 Å². The Kier molecular flexibility index (Phi) is 6.31. The number of ketones is 1. The lowest BCUT2D eigenvalue weighted by Crippen LogP contribution is -2.29. The smallest absolute Gasteiger partial charge is 0.301 e. The molecule has 1 amide bonds. The van der Waals surface area contributed by atoms with E-state index in [9.17, 15) is 19.8 Å². The highest BCUT2D eigenvalue weighted by Gasteiger charge is 2.48. The van der Waals surface area contributed by atoms with Gasteiger partial charge in [-0.25, -0.2) is 4.98 Å². The van der Waals surface area contributed by atoms with E-state index in [-0.39, 0.29) is 22.8 Å². The first-order valence-electron chi connectivity index (χ1n) is 11.6. The number of methoxy groups -OCH3 is 1. The molecular formula is C28H24N2O6S. The number of aromatic nitrogens is 1. The number of anilines is 1. The van der Waals surface area contributed by atoms with Crippen LogP contribution in [0.25, 0.3) is 16.0 Å². The average molecular weight is 517 g/mol. The molecule has 1 fully saturated rings. The van der Waals surface area contributed by atoms with Gasteiger partial charge in [-0.3, -0.25) is 14.5 Å². The summed E-state index contributed by atoms with van der Waals surface area (Å²) in [4.78, 5) is 32.8. The number of aryl methyl sites for hydroxylation is 1. The number of carbonyl (C=O) groups is 2. The van der Waals surface area contributed by atoms with Crippen molar-refractivity contribution in [3.63, 3.8) is 0 Å². The first-order valence-corrected chi connectivity index (χ1v) is 12.4. The van der Waals surface area contributed by atoms with Gasteiger partial charge in [0.15, 0.2) is 16.6 Å². The minimum Gasteiger partial charge on any atom is -0.507 e. The molecule has 3 aromatic carbocycles. The van der Waals surface area contributed by atoms with Gasteiger partial charge in [0.05, 0.1) is 35.5 Å². The third-order valence-corrected chi connectivity index (χ3v) is 7.18. The maximum Gasteiger partial charge on any atom is 0.301 e. The Labute approximate surface area is 217 Å². The number of benzene rings is 3. The first-order chi connectivity index (χ1) is 17.8. The van der Waals surface area contributed by atoms with Crippen molar-refractivity contribution in [2.24, 2.45) is 0 Å². The average Bonchev–Trinajstić information content (AvgIpc) is 3.43. The van der Waals surface area contributed by atoms with Crippen LogP contribution in [0, 0.1) is 6.92 Å². The zero-order valence-electron chi connectivity index (χ0n) is 20.4. The maximum atomic E-state index is 13.5. The van der Waals surface area contributed by atoms with E-state index in [0.29, 0.717) is 34.1 Å². The number of phenols is 1. The highest BCUT2D eigenvalue weighted by molar-refractivity contribution is 7.22. The number of nitrogens with zero attached hydrogens (tertiary/aromatic N) is 2. The summed E-state index contributed by atoms with van der Waals surface area (Å²) in [5.41, 5.74) is 2.44. The van der Waals surface area contributed by atoms with Gasteiger partial charge >= 0.3 is 5.91 Å². The Morgan fingerprint density at radius 1 is 1.08 bits per heavy atom. The molecule has 8 nitrogen and oxygen atoms in total. The van der Waals surface area contributed by atoms with Crippen molar-refractivity contribution in [2.45, 2.75) is 19.9 Å². The quantitative estimate of drug-likeness (QED) is 0.202. The van der Waals surface area contributed by atoms with Crippen molar-refractivity contribution < 1.29 is 29.3 Å². The SMILES string of the molecule is CCOc1cc(C2/C(=C(\O)c3ccc(C)cc3)C(=O)C(=O)N2c2nc3ccc(OC)cc3s2)ccc1O. The summed E-state index contributed by atoms with van der Waals surface area (Å²) in [6.07, 6.45) is 0. The zero-order valence-corrected chi connectivity index (χ0v) is 21.2. The number of ether oxygens (including phenoxy) is 2. The lowest BCUT2D eigenvalue weighted by molar-refractivity contribution is -0.132. The predicted octanol–water partition coefficient (Wildman–Crippen LogP) is 5.34. The molecular weight excluding hydrogens is 492 g/mol. The molecule has 1 saturated heterocycles. The van der Waals surface area contributed by atoms with E-state index in [1.807, 2.05) is 25.1 Å². The predicted molar refractivity (Wildman–Crippen MR) is 141 cm³/mol. The molecule has 0 bridgehead atoms. The second-order valence-electron chi connectivity index (χ2n) is 8.53. The summed E-state index contributed by atoms with van der Waals surface area (Å²) in [5.74, 6) is -1.16. The topological polar surface area (TPSA) is 109 Å². The number of thiazole rings is 1. The summed E-state index contributed by atoms with van der Waals surface area (Å²) in [6.45, 7) is 4.00. The minimum absolute atomic E-state index is 0.0705. The normalized spacial score (nSPS) is 16.9. The fourth-order valence-corrected chi connectivity index (χ4v) is 5.33. The number of aliphatic hydroxyl groups is 1. The number of fused-ring (bicyclic) bond motifs is 1. The molecule has 5 rings (SSSR count). The fourth-order valence-electron chi connectivity index (χ4n) is 4.31. The zero-order chi connectivity index (χ0) is 26.3. The molecule has 9 heteroatoms. The van der Waals surface area contributed by atoms with E-state index in [2.05, 4.69) is 4.98 Å². The second kappa shape index (κ2) is 9.59. The Morgan fingerprint density at radius 3 is 2.54 bits per heavy atom. The number of Topliss-reactive ketones (excluding diaryl/α,β-unsaturated/α-hetero) is 1. The summed E-state index contributed by atoms with van der Waals surface area (Å²) in [7, 11) is 1.56. The van der Waals surface area contributed by atoms with Crippen LogP contribution in [0.1, 0.15) is 29.7 Å². The Morgan fingerprint density at radius 2 is 1.84 bits per heavy atom. The van der Waals surface area contributed by atoms with Crippen LogP contribution in [0.5, 0.6) is 17.2 Å². The van der Waals surface area contributed by atoms with E-state index < -0.39 is 17.7 Å². The number of aliphatic hydroxyl groups excluding tert-OH is 1. The Balaban J connectivity index is 1.73. The molecule has 0 radical (unpaired) electrons. The molecule has 0 spiro atoms. The summed E-state index contributed by atoms with van der Waals surface area (Å²) in [5, 5.41) is 21.9. The van der Waals surface area contributed by atoms with Crippen LogP contribution in [0.3, 0.4) is 0 Å². The van der Waals surface area contributed by atoms with Gasteiger partial charge in [-0.05, 0) is 49.7 Å².